The zero-order chi connectivity index (χ0) is 15.5. The number of benzene rings is 2. The molecule has 0 N–H and O–H groups in total. The van der Waals surface area contributed by atoms with Gasteiger partial charge in [-0.15, -0.1) is 10.2 Å². The van der Waals surface area contributed by atoms with Crippen molar-refractivity contribution in [2.24, 2.45) is 0 Å². The summed E-state index contributed by atoms with van der Waals surface area (Å²) in [6.07, 6.45) is 0. The molecule has 0 saturated carbocycles. The van der Waals surface area contributed by atoms with Crippen LogP contribution in [0.25, 0.3) is 11.5 Å². The first kappa shape index (κ1) is 15.3. The van der Waals surface area contributed by atoms with E-state index in [1.807, 2.05) is 24.3 Å². The van der Waals surface area contributed by atoms with Crippen LogP contribution in [0.4, 0.5) is 0 Å². The summed E-state index contributed by atoms with van der Waals surface area (Å²) in [7, 11) is 0. The van der Waals surface area contributed by atoms with Crippen LogP contribution < -0.4 is 0 Å². The molecule has 0 fully saturated rings. The number of hydrogen-bond acceptors (Lipinski definition) is 4. The first-order valence-corrected chi connectivity index (χ1v) is 8.68. The molecule has 3 nitrogen and oxygen atoms in total. The monoisotopic (exact) mass is 374 g/mol. The maximum Gasteiger partial charge on any atom is 0.277 e. The number of nitrogens with zero attached hydrogens (tertiary/aromatic N) is 2. The minimum Gasteiger partial charge on any atom is -0.411 e. The third-order valence-electron chi connectivity index (χ3n) is 3.47. The van der Waals surface area contributed by atoms with Crippen molar-refractivity contribution in [1.82, 2.24) is 10.2 Å². The molecule has 0 amide bonds. The van der Waals surface area contributed by atoms with Crippen LogP contribution in [0.3, 0.4) is 0 Å². The third kappa shape index (κ3) is 3.42. The molecule has 2 aromatic carbocycles. The molecule has 0 unspecified atom stereocenters. The Bertz CT molecular complexity index is 801. The molecule has 22 heavy (non-hydrogen) atoms. The smallest absolute Gasteiger partial charge is 0.277 e. The quantitative estimate of drug-likeness (QED) is 0.572. The fourth-order valence-electron chi connectivity index (χ4n) is 2.01. The van der Waals surface area contributed by atoms with Gasteiger partial charge in [-0.25, -0.2) is 0 Å². The number of rotatable bonds is 4. The van der Waals surface area contributed by atoms with E-state index in [2.05, 4.69) is 58.2 Å². The van der Waals surface area contributed by atoms with E-state index < -0.39 is 0 Å². The second-order valence-corrected chi connectivity index (χ2v) is 6.83. The van der Waals surface area contributed by atoms with Gasteiger partial charge in [0.25, 0.3) is 5.22 Å². The SMILES string of the molecule is Cc1ccc(-c2nnc(SCc3ccccc3Br)o2)cc1C. The number of halogens is 1. The van der Waals surface area contributed by atoms with E-state index in [1.54, 1.807) is 11.8 Å². The molecule has 1 heterocycles. The van der Waals surface area contributed by atoms with Crippen molar-refractivity contribution < 1.29 is 4.42 Å². The maximum atomic E-state index is 5.75. The lowest BCUT2D eigenvalue weighted by Crippen LogP contribution is -1.83. The molecule has 3 rings (SSSR count). The van der Waals surface area contributed by atoms with Crippen LogP contribution in [0, 0.1) is 13.8 Å². The largest absolute Gasteiger partial charge is 0.411 e. The van der Waals surface area contributed by atoms with E-state index in [-0.39, 0.29) is 0 Å². The average molecular weight is 375 g/mol. The normalized spacial score (nSPS) is 10.9. The fraction of sp³-hybridized carbons (Fsp3) is 0.176. The van der Waals surface area contributed by atoms with E-state index in [1.165, 1.54) is 16.7 Å². The molecule has 0 atom stereocenters. The van der Waals surface area contributed by atoms with Gasteiger partial charge in [0.1, 0.15) is 0 Å². The molecule has 0 bridgehead atoms. The van der Waals surface area contributed by atoms with E-state index in [9.17, 15) is 0 Å². The number of hydrogen-bond donors (Lipinski definition) is 0. The first-order chi connectivity index (χ1) is 10.6. The van der Waals surface area contributed by atoms with Crippen LogP contribution in [0.5, 0.6) is 0 Å². The Balaban J connectivity index is 1.74. The van der Waals surface area contributed by atoms with Crippen LogP contribution in [0.15, 0.2) is 56.6 Å². The van der Waals surface area contributed by atoms with E-state index in [0.29, 0.717) is 11.1 Å². The van der Waals surface area contributed by atoms with Crippen LogP contribution >= 0.6 is 27.7 Å². The first-order valence-electron chi connectivity index (χ1n) is 6.91. The number of thioether (sulfide) groups is 1. The van der Waals surface area contributed by atoms with Gasteiger partial charge in [-0.3, -0.25) is 0 Å². The minimum absolute atomic E-state index is 0.567. The maximum absolute atomic E-state index is 5.75. The van der Waals surface area contributed by atoms with Crippen molar-refractivity contribution in [2.75, 3.05) is 0 Å². The molecule has 0 aliphatic rings. The Labute approximate surface area is 142 Å². The summed E-state index contributed by atoms with van der Waals surface area (Å²) in [6.45, 7) is 4.17. The summed E-state index contributed by atoms with van der Waals surface area (Å²) in [6, 6.07) is 14.3. The van der Waals surface area contributed by atoms with Crippen molar-refractivity contribution in [3.63, 3.8) is 0 Å². The molecular formula is C17H15BrN2OS. The van der Waals surface area contributed by atoms with Crippen molar-refractivity contribution in [3.8, 4) is 11.5 Å². The Morgan fingerprint density at radius 2 is 1.86 bits per heavy atom. The second-order valence-electron chi connectivity index (χ2n) is 5.05. The van der Waals surface area contributed by atoms with Crippen molar-refractivity contribution in [1.29, 1.82) is 0 Å². The van der Waals surface area contributed by atoms with Gasteiger partial charge in [0, 0.05) is 15.8 Å². The lowest BCUT2D eigenvalue weighted by atomic mass is 10.1. The highest BCUT2D eigenvalue weighted by atomic mass is 79.9. The van der Waals surface area contributed by atoms with Gasteiger partial charge in [-0.05, 0) is 48.7 Å². The van der Waals surface area contributed by atoms with E-state index in [4.69, 9.17) is 4.42 Å². The predicted octanol–water partition coefficient (Wildman–Crippen LogP) is 5.41. The standard InChI is InChI=1S/C17H15BrN2OS/c1-11-7-8-13(9-12(11)2)16-19-20-17(21-16)22-10-14-5-3-4-6-15(14)18/h3-9H,10H2,1-2H3. The van der Waals surface area contributed by atoms with Crippen LogP contribution in [0.2, 0.25) is 0 Å². The van der Waals surface area contributed by atoms with Gasteiger partial charge in [0.2, 0.25) is 5.89 Å². The van der Waals surface area contributed by atoms with Gasteiger partial charge in [0.05, 0.1) is 0 Å². The molecule has 0 aliphatic heterocycles. The third-order valence-corrected chi connectivity index (χ3v) is 5.11. The highest BCUT2D eigenvalue weighted by molar-refractivity contribution is 9.10. The van der Waals surface area contributed by atoms with Crippen LogP contribution in [-0.2, 0) is 5.75 Å². The van der Waals surface area contributed by atoms with Gasteiger partial charge in [0.15, 0.2) is 0 Å². The Morgan fingerprint density at radius 3 is 2.64 bits per heavy atom. The summed E-state index contributed by atoms with van der Waals surface area (Å²) in [5.41, 5.74) is 4.65. The number of aromatic nitrogens is 2. The van der Waals surface area contributed by atoms with Crippen molar-refractivity contribution in [2.45, 2.75) is 24.8 Å². The Morgan fingerprint density at radius 1 is 1.05 bits per heavy atom. The zero-order valence-corrected chi connectivity index (χ0v) is 14.7. The molecule has 0 saturated heterocycles. The predicted molar refractivity (Wildman–Crippen MR) is 92.9 cm³/mol. The highest BCUT2D eigenvalue weighted by Crippen LogP contribution is 2.28. The van der Waals surface area contributed by atoms with Crippen molar-refractivity contribution >= 4 is 27.7 Å². The Hall–Kier alpha value is -1.59. The van der Waals surface area contributed by atoms with Gasteiger partial charge >= 0.3 is 0 Å². The molecule has 0 radical (unpaired) electrons. The second kappa shape index (κ2) is 6.67. The molecule has 112 valence electrons. The number of aryl methyl sites for hydroxylation is 2. The molecule has 3 aromatic rings. The van der Waals surface area contributed by atoms with Crippen LogP contribution in [0.1, 0.15) is 16.7 Å². The topological polar surface area (TPSA) is 38.9 Å². The van der Waals surface area contributed by atoms with E-state index >= 15 is 0 Å². The van der Waals surface area contributed by atoms with E-state index in [0.717, 1.165) is 15.8 Å². The van der Waals surface area contributed by atoms with Gasteiger partial charge in [-0.2, -0.15) is 0 Å². The lowest BCUT2D eigenvalue weighted by Gasteiger charge is -2.01. The summed E-state index contributed by atoms with van der Waals surface area (Å²) in [5.74, 6) is 1.36. The fourth-order valence-corrected chi connectivity index (χ4v) is 3.39. The zero-order valence-electron chi connectivity index (χ0n) is 12.3. The van der Waals surface area contributed by atoms with Crippen molar-refractivity contribution in [3.05, 3.63) is 63.6 Å². The average Bonchev–Trinajstić information content (AvgIpc) is 2.98. The van der Waals surface area contributed by atoms with Gasteiger partial charge < -0.3 is 4.42 Å². The summed E-state index contributed by atoms with van der Waals surface area (Å²) >= 11 is 5.09. The summed E-state index contributed by atoms with van der Waals surface area (Å²) in [4.78, 5) is 0. The molecular weight excluding hydrogens is 360 g/mol. The highest BCUT2D eigenvalue weighted by Gasteiger charge is 2.10. The Kier molecular flexibility index (Phi) is 4.64. The molecule has 1 aromatic heterocycles. The lowest BCUT2D eigenvalue weighted by molar-refractivity contribution is 0.466. The summed E-state index contributed by atoms with van der Waals surface area (Å²) < 4.78 is 6.85. The molecule has 0 spiro atoms. The minimum atomic E-state index is 0.567. The van der Waals surface area contributed by atoms with Gasteiger partial charge in [-0.1, -0.05) is 52.0 Å². The molecule has 5 heteroatoms. The molecule has 0 aliphatic carbocycles. The van der Waals surface area contributed by atoms with Crippen LogP contribution in [-0.4, -0.2) is 10.2 Å². The summed E-state index contributed by atoms with van der Waals surface area (Å²) in [5, 5.41) is 8.85.